The predicted molar refractivity (Wildman–Crippen MR) is 86.8 cm³/mol. The maximum absolute atomic E-state index is 12.3. The highest BCUT2D eigenvalue weighted by atomic mass is 16.7. The van der Waals surface area contributed by atoms with Crippen LogP contribution in [0.15, 0.2) is 18.2 Å². The summed E-state index contributed by atoms with van der Waals surface area (Å²) in [6, 6.07) is 4.77. The highest BCUT2D eigenvalue weighted by Gasteiger charge is 2.53. The number of benzene rings is 1. The fraction of sp³-hybridized carbons (Fsp3) is 0.588. The van der Waals surface area contributed by atoms with Gasteiger partial charge in [-0.1, -0.05) is 0 Å². The molecule has 2 aliphatic rings. The van der Waals surface area contributed by atoms with Crippen LogP contribution in [0.2, 0.25) is 0 Å². The number of nitrogens with zero attached hydrogens (tertiary/aromatic N) is 1. The summed E-state index contributed by atoms with van der Waals surface area (Å²) in [5.41, 5.74) is 6.91. The Morgan fingerprint density at radius 1 is 1.33 bits per heavy atom. The number of amides is 1. The van der Waals surface area contributed by atoms with Crippen molar-refractivity contribution in [2.24, 2.45) is 5.73 Å². The summed E-state index contributed by atoms with van der Waals surface area (Å²) in [7, 11) is 3.19. The van der Waals surface area contributed by atoms with Gasteiger partial charge in [0.05, 0.1) is 26.9 Å². The summed E-state index contributed by atoms with van der Waals surface area (Å²) in [4.78, 5) is 14.0. The lowest BCUT2D eigenvalue weighted by atomic mass is 9.90. The third-order valence-electron chi connectivity index (χ3n) is 4.54. The van der Waals surface area contributed by atoms with Gasteiger partial charge in [-0.05, 0) is 26.0 Å². The van der Waals surface area contributed by atoms with E-state index in [1.165, 1.54) is 0 Å². The summed E-state index contributed by atoms with van der Waals surface area (Å²) in [6.45, 7) is 4.55. The molecule has 1 amide bonds. The quantitative estimate of drug-likeness (QED) is 0.804. The maximum Gasteiger partial charge on any atom is 0.242 e. The smallest absolute Gasteiger partial charge is 0.242 e. The number of rotatable bonds is 5. The Morgan fingerprint density at radius 3 is 2.67 bits per heavy atom. The van der Waals surface area contributed by atoms with Crippen LogP contribution in [0.25, 0.3) is 0 Å². The first kappa shape index (κ1) is 17.0. The number of methoxy groups -OCH3 is 2. The van der Waals surface area contributed by atoms with E-state index in [0.717, 1.165) is 5.56 Å². The van der Waals surface area contributed by atoms with Gasteiger partial charge in [0.2, 0.25) is 5.91 Å². The van der Waals surface area contributed by atoms with Crippen LogP contribution in [0.5, 0.6) is 11.5 Å². The standard InChI is InChI=1S/C17H24N2O5/c1-17(2)23-9-13(24-17)15-14(18)16(20)19(15)8-10-5-6-11(21-3)7-12(10)22-4/h5-7,13-15H,8-9,18H2,1-4H3. The molecule has 2 saturated heterocycles. The van der Waals surface area contributed by atoms with Crippen molar-refractivity contribution in [1.29, 1.82) is 0 Å². The Labute approximate surface area is 141 Å². The molecule has 0 spiro atoms. The van der Waals surface area contributed by atoms with Gasteiger partial charge >= 0.3 is 0 Å². The SMILES string of the molecule is COc1ccc(CN2C(=O)C(N)C2C2COC(C)(C)O2)c(OC)c1. The highest BCUT2D eigenvalue weighted by Crippen LogP contribution is 2.34. The highest BCUT2D eigenvalue weighted by molar-refractivity contribution is 5.89. The van der Waals surface area contributed by atoms with Crippen LogP contribution in [0.1, 0.15) is 19.4 Å². The van der Waals surface area contributed by atoms with Gasteiger partial charge in [-0.3, -0.25) is 4.79 Å². The minimum Gasteiger partial charge on any atom is -0.497 e. The molecule has 24 heavy (non-hydrogen) atoms. The second kappa shape index (κ2) is 6.23. The van der Waals surface area contributed by atoms with Crippen LogP contribution in [-0.4, -0.2) is 55.6 Å². The predicted octanol–water partition coefficient (Wildman–Crippen LogP) is 0.893. The summed E-state index contributed by atoms with van der Waals surface area (Å²) in [6.07, 6.45) is -0.225. The molecular formula is C17H24N2O5. The molecule has 3 unspecified atom stereocenters. The number of hydrogen-bond acceptors (Lipinski definition) is 6. The maximum atomic E-state index is 12.3. The normalized spacial score (nSPS) is 28.6. The average Bonchev–Trinajstić information content (AvgIpc) is 2.93. The van der Waals surface area contributed by atoms with Crippen molar-refractivity contribution in [2.75, 3.05) is 20.8 Å². The monoisotopic (exact) mass is 336 g/mol. The Balaban J connectivity index is 1.77. The van der Waals surface area contributed by atoms with Crippen molar-refractivity contribution in [3.05, 3.63) is 23.8 Å². The van der Waals surface area contributed by atoms with Crippen LogP contribution in [-0.2, 0) is 20.8 Å². The van der Waals surface area contributed by atoms with Gasteiger partial charge in [-0.25, -0.2) is 0 Å². The fourth-order valence-electron chi connectivity index (χ4n) is 3.26. The molecule has 2 heterocycles. The van der Waals surface area contributed by atoms with E-state index in [1.807, 2.05) is 26.0 Å². The molecular weight excluding hydrogens is 312 g/mol. The summed E-state index contributed by atoms with van der Waals surface area (Å²) in [5, 5.41) is 0. The van der Waals surface area contributed by atoms with Crippen LogP contribution in [0.3, 0.4) is 0 Å². The second-order valence-corrected chi connectivity index (χ2v) is 6.53. The molecule has 132 valence electrons. The minimum absolute atomic E-state index is 0.0915. The fourth-order valence-corrected chi connectivity index (χ4v) is 3.26. The van der Waals surface area contributed by atoms with E-state index in [1.54, 1.807) is 25.2 Å². The van der Waals surface area contributed by atoms with E-state index in [2.05, 4.69) is 0 Å². The van der Waals surface area contributed by atoms with E-state index in [-0.39, 0.29) is 18.1 Å². The van der Waals surface area contributed by atoms with E-state index in [9.17, 15) is 4.79 Å². The first-order valence-electron chi connectivity index (χ1n) is 7.95. The lowest BCUT2D eigenvalue weighted by Crippen LogP contribution is -2.72. The third kappa shape index (κ3) is 2.94. The largest absolute Gasteiger partial charge is 0.497 e. The van der Waals surface area contributed by atoms with Gasteiger partial charge < -0.3 is 29.6 Å². The van der Waals surface area contributed by atoms with Crippen LogP contribution in [0, 0.1) is 0 Å². The van der Waals surface area contributed by atoms with Crippen molar-refractivity contribution in [3.8, 4) is 11.5 Å². The Kier molecular flexibility index (Phi) is 4.42. The lowest BCUT2D eigenvalue weighted by molar-refractivity contribution is -0.172. The zero-order chi connectivity index (χ0) is 17.5. The molecule has 0 saturated carbocycles. The van der Waals surface area contributed by atoms with Gasteiger partial charge in [0.1, 0.15) is 23.6 Å². The van der Waals surface area contributed by atoms with E-state index < -0.39 is 11.8 Å². The van der Waals surface area contributed by atoms with Crippen molar-refractivity contribution >= 4 is 5.91 Å². The van der Waals surface area contributed by atoms with Gasteiger partial charge in [0.25, 0.3) is 0 Å². The molecule has 0 radical (unpaired) electrons. The molecule has 0 aliphatic carbocycles. The average molecular weight is 336 g/mol. The number of carbonyl (C=O) groups excluding carboxylic acids is 1. The lowest BCUT2D eigenvalue weighted by Gasteiger charge is -2.47. The van der Waals surface area contributed by atoms with E-state index in [0.29, 0.717) is 24.7 Å². The molecule has 2 N–H and O–H groups in total. The molecule has 0 bridgehead atoms. The van der Waals surface area contributed by atoms with Crippen LogP contribution >= 0.6 is 0 Å². The van der Waals surface area contributed by atoms with Gasteiger partial charge in [-0.2, -0.15) is 0 Å². The topological polar surface area (TPSA) is 83.3 Å². The van der Waals surface area contributed by atoms with Crippen molar-refractivity contribution in [1.82, 2.24) is 4.90 Å². The Hall–Kier alpha value is -1.83. The molecule has 3 atom stereocenters. The number of nitrogens with two attached hydrogens (primary N) is 1. The molecule has 7 nitrogen and oxygen atoms in total. The van der Waals surface area contributed by atoms with E-state index >= 15 is 0 Å². The van der Waals surface area contributed by atoms with Crippen molar-refractivity contribution < 1.29 is 23.7 Å². The Bertz CT molecular complexity index is 633. The zero-order valence-electron chi connectivity index (χ0n) is 14.4. The van der Waals surface area contributed by atoms with Gasteiger partial charge in [0.15, 0.2) is 5.79 Å². The summed E-state index contributed by atoms with van der Waals surface area (Å²) >= 11 is 0. The Morgan fingerprint density at radius 2 is 2.08 bits per heavy atom. The number of carbonyl (C=O) groups is 1. The molecule has 3 rings (SSSR count). The first-order valence-corrected chi connectivity index (χ1v) is 7.95. The molecule has 1 aromatic carbocycles. The van der Waals surface area contributed by atoms with Crippen LogP contribution in [0.4, 0.5) is 0 Å². The molecule has 2 fully saturated rings. The molecule has 0 aromatic heterocycles. The molecule has 7 heteroatoms. The zero-order valence-corrected chi connectivity index (χ0v) is 14.4. The van der Waals surface area contributed by atoms with Crippen molar-refractivity contribution in [3.63, 3.8) is 0 Å². The second-order valence-electron chi connectivity index (χ2n) is 6.53. The van der Waals surface area contributed by atoms with Gasteiger partial charge in [0, 0.05) is 18.2 Å². The summed E-state index contributed by atoms with van der Waals surface area (Å²) < 4.78 is 22.1. The van der Waals surface area contributed by atoms with Crippen LogP contribution < -0.4 is 15.2 Å². The minimum atomic E-state index is -0.646. The first-order chi connectivity index (χ1) is 11.4. The van der Waals surface area contributed by atoms with Gasteiger partial charge in [-0.15, -0.1) is 0 Å². The number of β-lactam (4-membered cyclic amide) rings is 1. The summed E-state index contributed by atoms with van der Waals surface area (Å²) in [5.74, 6) is 0.636. The van der Waals surface area contributed by atoms with E-state index in [4.69, 9.17) is 24.7 Å². The number of ether oxygens (including phenoxy) is 4. The van der Waals surface area contributed by atoms with Crippen molar-refractivity contribution in [2.45, 2.75) is 44.4 Å². The number of likely N-dealkylation sites (tertiary alicyclic amines) is 1. The third-order valence-corrected chi connectivity index (χ3v) is 4.54. The molecule has 1 aromatic rings. The number of hydrogen-bond donors (Lipinski definition) is 1. The molecule has 2 aliphatic heterocycles.